The molecule has 2 N–H and O–H groups in total. The first-order valence-electron chi connectivity index (χ1n) is 6.01. The van der Waals surface area contributed by atoms with Gasteiger partial charge in [0.1, 0.15) is 5.75 Å². The van der Waals surface area contributed by atoms with E-state index in [-0.39, 0.29) is 11.8 Å². The van der Waals surface area contributed by atoms with Gasteiger partial charge in [-0.15, -0.1) is 0 Å². The third-order valence-electron chi connectivity index (χ3n) is 2.71. The van der Waals surface area contributed by atoms with Gasteiger partial charge in [-0.1, -0.05) is 6.92 Å². The Kier molecular flexibility index (Phi) is 3.50. The topological polar surface area (TPSA) is 67.4 Å². The van der Waals surface area contributed by atoms with E-state index in [1.165, 1.54) is 0 Å². The highest BCUT2D eigenvalue weighted by molar-refractivity contribution is 6.00. The average Bonchev–Trinajstić information content (AvgIpc) is 2.36. The van der Waals surface area contributed by atoms with Gasteiger partial charge in [0.15, 0.2) is 6.10 Å². The minimum atomic E-state index is -0.503. The third-order valence-corrected chi connectivity index (χ3v) is 2.71. The van der Waals surface area contributed by atoms with Gasteiger partial charge in [0.05, 0.1) is 5.69 Å². The van der Waals surface area contributed by atoms with E-state index in [9.17, 15) is 9.59 Å². The van der Waals surface area contributed by atoms with Crippen LogP contribution < -0.4 is 15.4 Å². The average molecular weight is 248 g/mol. The molecule has 2 amide bonds. The summed E-state index contributed by atoms with van der Waals surface area (Å²) >= 11 is 0. The van der Waals surface area contributed by atoms with Crippen LogP contribution in [-0.4, -0.2) is 24.5 Å². The zero-order valence-electron chi connectivity index (χ0n) is 10.4. The van der Waals surface area contributed by atoms with Crippen LogP contribution in [0, 0.1) is 0 Å². The van der Waals surface area contributed by atoms with Gasteiger partial charge in [0.25, 0.3) is 11.8 Å². The number of hydrogen-bond donors (Lipinski definition) is 2. The van der Waals surface area contributed by atoms with Gasteiger partial charge in [0.2, 0.25) is 0 Å². The minimum absolute atomic E-state index is 0.146. The van der Waals surface area contributed by atoms with E-state index in [4.69, 9.17) is 4.74 Å². The van der Waals surface area contributed by atoms with Crippen LogP contribution in [0.25, 0.3) is 0 Å². The molecule has 1 unspecified atom stereocenters. The maximum absolute atomic E-state index is 11.8. The second-order valence-electron chi connectivity index (χ2n) is 4.22. The van der Waals surface area contributed by atoms with Crippen LogP contribution in [0.4, 0.5) is 5.69 Å². The Morgan fingerprint density at radius 1 is 1.50 bits per heavy atom. The molecule has 0 saturated heterocycles. The minimum Gasteiger partial charge on any atom is -0.479 e. The highest BCUT2D eigenvalue weighted by atomic mass is 16.5. The monoisotopic (exact) mass is 248 g/mol. The van der Waals surface area contributed by atoms with E-state index in [1.807, 2.05) is 6.92 Å². The summed E-state index contributed by atoms with van der Waals surface area (Å²) in [6.45, 7) is 4.30. The highest BCUT2D eigenvalue weighted by Crippen LogP contribution is 2.30. The van der Waals surface area contributed by atoms with Crippen LogP contribution in [0.3, 0.4) is 0 Å². The molecule has 96 valence electrons. The van der Waals surface area contributed by atoms with Gasteiger partial charge in [-0.3, -0.25) is 9.59 Å². The first kappa shape index (κ1) is 12.4. The lowest BCUT2D eigenvalue weighted by Crippen LogP contribution is -2.34. The number of carbonyl (C=O) groups excluding carboxylic acids is 2. The predicted molar refractivity (Wildman–Crippen MR) is 67.8 cm³/mol. The molecule has 1 atom stereocenters. The molecule has 0 radical (unpaired) electrons. The summed E-state index contributed by atoms with van der Waals surface area (Å²) in [4.78, 5) is 23.2. The Hall–Kier alpha value is -2.04. The highest BCUT2D eigenvalue weighted by Gasteiger charge is 2.24. The number of rotatable bonds is 3. The summed E-state index contributed by atoms with van der Waals surface area (Å²) < 4.78 is 5.42. The van der Waals surface area contributed by atoms with Crippen LogP contribution >= 0.6 is 0 Å². The molecular weight excluding hydrogens is 232 g/mol. The lowest BCUT2D eigenvalue weighted by molar-refractivity contribution is -0.122. The number of amides is 2. The molecule has 0 aliphatic carbocycles. The van der Waals surface area contributed by atoms with Gasteiger partial charge >= 0.3 is 0 Å². The molecular formula is C13H16N2O3. The first-order chi connectivity index (χ1) is 8.61. The number of benzene rings is 1. The van der Waals surface area contributed by atoms with Gasteiger partial charge in [-0.25, -0.2) is 0 Å². The second-order valence-corrected chi connectivity index (χ2v) is 4.22. The molecule has 1 aliphatic heterocycles. The van der Waals surface area contributed by atoms with Crippen LogP contribution in [0.1, 0.15) is 30.6 Å². The van der Waals surface area contributed by atoms with Gasteiger partial charge in [-0.05, 0) is 31.5 Å². The summed E-state index contributed by atoms with van der Waals surface area (Å²) in [5, 5.41) is 5.50. The molecule has 0 aromatic heterocycles. The molecule has 0 bridgehead atoms. The fourth-order valence-electron chi connectivity index (χ4n) is 1.69. The molecule has 1 aliphatic rings. The molecule has 0 spiro atoms. The Labute approximate surface area is 106 Å². The molecule has 5 nitrogen and oxygen atoms in total. The molecule has 5 heteroatoms. The van der Waals surface area contributed by atoms with Crippen LogP contribution in [0.15, 0.2) is 18.2 Å². The van der Waals surface area contributed by atoms with Crippen molar-refractivity contribution in [1.82, 2.24) is 5.32 Å². The third kappa shape index (κ3) is 2.45. The summed E-state index contributed by atoms with van der Waals surface area (Å²) in [5.41, 5.74) is 1.06. The first-order valence-corrected chi connectivity index (χ1v) is 6.01. The van der Waals surface area contributed by atoms with E-state index in [0.29, 0.717) is 23.5 Å². The Balaban J connectivity index is 2.19. The van der Waals surface area contributed by atoms with Gasteiger partial charge in [0, 0.05) is 12.1 Å². The number of anilines is 1. The zero-order valence-corrected chi connectivity index (χ0v) is 10.4. The van der Waals surface area contributed by atoms with E-state index >= 15 is 0 Å². The summed E-state index contributed by atoms with van der Waals surface area (Å²) in [6, 6.07) is 5.02. The van der Waals surface area contributed by atoms with Crippen molar-refractivity contribution in [2.24, 2.45) is 0 Å². The Morgan fingerprint density at radius 2 is 2.28 bits per heavy atom. The predicted octanol–water partition coefficient (Wildman–Crippen LogP) is 1.55. The van der Waals surface area contributed by atoms with Crippen molar-refractivity contribution < 1.29 is 14.3 Å². The smallest absolute Gasteiger partial charge is 0.265 e. The van der Waals surface area contributed by atoms with Crippen molar-refractivity contribution in [3.63, 3.8) is 0 Å². The van der Waals surface area contributed by atoms with Crippen molar-refractivity contribution in [2.75, 3.05) is 11.9 Å². The second kappa shape index (κ2) is 5.08. The molecule has 2 rings (SSSR count). The fourth-order valence-corrected chi connectivity index (χ4v) is 1.69. The molecule has 0 fully saturated rings. The maximum atomic E-state index is 11.8. The normalized spacial score (nSPS) is 17.4. The molecule has 1 heterocycles. The molecule has 0 saturated carbocycles. The Bertz CT molecular complexity index is 485. The van der Waals surface area contributed by atoms with Crippen LogP contribution in [-0.2, 0) is 4.79 Å². The van der Waals surface area contributed by atoms with Gasteiger partial charge in [-0.2, -0.15) is 0 Å². The van der Waals surface area contributed by atoms with E-state index < -0.39 is 6.10 Å². The number of ether oxygens (including phenoxy) is 1. The van der Waals surface area contributed by atoms with Crippen molar-refractivity contribution in [1.29, 1.82) is 0 Å². The summed E-state index contributed by atoms with van der Waals surface area (Å²) in [5.74, 6) is 0.246. The molecule has 18 heavy (non-hydrogen) atoms. The number of hydrogen-bond acceptors (Lipinski definition) is 3. The van der Waals surface area contributed by atoms with Crippen LogP contribution in [0.5, 0.6) is 5.75 Å². The number of fused-ring (bicyclic) bond motifs is 1. The maximum Gasteiger partial charge on any atom is 0.265 e. The number of nitrogens with one attached hydrogen (secondary N) is 2. The van der Waals surface area contributed by atoms with Crippen molar-refractivity contribution >= 4 is 17.5 Å². The van der Waals surface area contributed by atoms with Crippen molar-refractivity contribution in [3.05, 3.63) is 23.8 Å². The van der Waals surface area contributed by atoms with Crippen molar-refractivity contribution in [2.45, 2.75) is 26.4 Å². The van der Waals surface area contributed by atoms with E-state index in [1.54, 1.807) is 25.1 Å². The quantitative estimate of drug-likeness (QED) is 0.852. The largest absolute Gasteiger partial charge is 0.479 e. The lowest BCUT2D eigenvalue weighted by atomic mass is 10.1. The summed E-state index contributed by atoms with van der Waals surface area (Å²) in [7, 11) is 0. The van der Waals surface area contributed by atoms with E-state index in [2.05, 4.69) is 10.6 Å². The lowest BCUT2D eigenvalue weighted by Gasteiger charge is -2.23. The van der Waals surface area contributed by atoms with E-state index in [0.717, 1.165) is 6.42 Å². The zero-order chi connectivity index (χ0) is 13.1. The van der Waals surface area contributed by atoms with Crippen LogP contribution in [0.2, 0.25) is 0 Å². The van der Waals surface area contributed by atoms with Crippen molar-refractivity contribution in [3.8, 4) is 5.75 Å². The molecule has 1 aromatic carbocycles. The van der Waals surface area contributed by atoms with Gasteiger partial charge < -0.3 is 15.4 Å². The SMILES string of the molecule is CCCNC(=O)c1ccc2c(c1)NC(=O)C(C)O2. The number of carbonyl (C=O) groups is 2. The molecule has 1 aromatic rings. The summed E-state index contributed by atoms with van der Waals surface area (Å²) in [6.07, 6.45) is 0.380. The fraction of sp³-hybridized carbons (Fsp3) is 0.385. The Morgan fingerprint density at radius 3 is 3.00 bits per heavy atom. The standard InChI is InChI=1S/C13H16N2O3/c1-3-6-14-13(17)9-4-5-11-10(7-9)15-12(16)8(2)18-11/h4-5,7-8H,3,6H2,1-2H3,(H,14,17)(H,15,16).